The van der Waals surface area contributed by atoms with Crippen molar-refractivity contribution in [2.75, 3.05) is 38.7 Å². The highest BCUT2D eigenvalue weighted by atomic mass is 35.5. The highest BCUT2D eigenvalue weighted by Crippen LogP contribution is 2.55. The van der Waals surface area contributed by atoms with Gasteiger partial charge in [0.2, 0.25) is 17.7 Å². The Hall–Kier alpha value is -5.65. The quantitative estimate of drug-likeness (QED) is 0.0824. The average molecular weight is 899 g/mol. The molecule has 2 aliphatic rings. The van der Waals surface area contributed by atoms with E-state index in [0.29, 0.717) is 53.5 Å². The van der Waals surface area contributed by atoms with Crippen molar-refractivity contribution < 1.29 is 33.4 Å². The van der Waals surface area contributed by atoms with Crippen molar-refractivity contribution in [2.45, 2.75) is 111 Å². The molecule has 1 saturated heterocycles. The van der Waals surface area contributed by atoms with Crippen LogP contribution in [0.15, 0.2) is 66.7 Å². The number of amides is 5. The van der Waals surface area contributed by atoms with Crippen molar-refractivity contribution in [1.29, 1.82) is 5.26 Å². The number of carbonyl (C=O) groups is 5. The van der Waals surface area contributed by atoms with Crippen molar-refractivity contribution in [2.24, 2.45) is 16.2 Å². The van der Waals surface area contributed by atoms with Gasteiger partial charge in [0, 0.05) is 73.0 Å². The van der Waals surface area contributed by atoms with Gasteiger partial charge in [-0.15, -0.1) is 0 Å². The van der Waals surface area contributed by atoms with Crippen LogP contribution in [0.25, 0.3) is 0 Å². The summed E-state index contributed by atoms with van der Waals surface area (Å²) in [6.45, 7) is 15.5. The van der Waals surface area contributed by atoms with Crippen LogP contribution in [0.2, 0.25) is 5.02 Å². The third kappa shape index (κ3) is 12.1. The monoisotopic (exact) mass is 897 g/mol. The van der Waals surface area contributed by atoms with Gasteiger partial charge in [0.05, 0.1) is 10.6 Å². The Morgan fingerprint density at radius 2 is 1.56 bits per heavy atom. The Morgan fingerprint density at radius 3 is 2.19 bits per heavy atom. The molecule has 0 radical (unpaired) electrons. The van der Waals surface area contributed by atoms with Gasteiger partial charge in [-0.2, -0.15) is 5.26 Å². The number of likely N-dealkylation sites (tertiary alicyclic amines) is 1. The number of hydrogen-bond acceptors (Lipinski definition) is 9. The van der Waals surface area contributed by atoms with Crippen LogP contribution >= 0.6 is 11.6 Å². The average Bonchev–Trinajstić information content (AvgIpc) is 3.76. The van der Waals surface area contributed by atoms with E-state index in [1.165, 1.54) is 0 Å². The maximum absolute atomic E-state index is 13.9. The summed E-state index contributed by atoms with van der Waals surface area (Å²) >= 11 is 6.23. The molecule has 1 saturated carbocycles. The lowest BCUT2D eigenvalue weighted by Gasteiger charge is -2.63. The van der Waals surface area contributed by atoms with Gasteiger partial charge in [-0.1, -0.05) is 72.2 Å². The Morgan fingerprint density at radius 1 is 0.906 bits per heavy atom. The van der Waals surface area contributed by atoms with Gasteiger partial charge in [0.1, 0.15) is 36.6 Å². The minimum absolute atomic E-state index is 0.150. The van der Waals surface area contributed by atoms with Crippen molar-refractivity contribution in [3.63, 3.8) is 0 Å². The second-order valence-electron chi connectivity index (χ2n) is 19.0. The molecule has 344 valence electrons. The van der Waals surface area contributed by atoms with Gasteiger partial charge in [-0.25, -0.2) is 0 Å². The van der Waals surface area contributed by atoms with Crippen LogP contribution in [0.3, 0.4) is 0 Å². The van der Waals surface area contributed by atoms with E-state index in [2.05, 4.69) is 60.3 Å². The minimum Gasteiger partial charge on any atom is -0.489 e. The normalized spacial score (nSPS) is 19.0. The van der Waals surface area contributed by atoms with E-state index in [9.17, 15) is 29.2 Å². The van der Waals surface area contributed by atoms with Crippen LogP contribution in [0.1, 0.15) is 112 Å². The number of anilines is 1. The van der Waals surface area contributed by atoms with Crippen molar-refractivity contribution >= 4 is 46.8 Å². The lowest BCUT2D eigenvalue weighted by atomic mass is 9.49. The van der Waals surface area contributed by atoms with E-state index in [1.807, 2.05) is 32.9 Å². The molecule has 1 aliphatic carbocycles. The van der Waals surface area contributed by atoms with E-state index < -0.39 is 23.4 Å². The van der Waals surface area contributed by atoms with Gasteiger partial charge < -0.3 is 41.0 Å². The molecule has 0 bridgehead atoms. The van der Waals surface area contributed by atoms with E-state index >= 15 is 0 Å². The molecular formula is C49H64ClN7O7. The fourth-order valence-electron chi connectivity index (χ4n) is 9.00. The first-order chi connectivity index (χ1) is 30.3. The van der Waals surface area contributed by atoms with Gasteiger partial charge in [0.15, 0.2) is 0 Å². The molecule has 3 aromatic rings. The zero-order valence-electron chi connectivity index (χ0n) is 38.4. The number of ether oxygens (including phenoxy) is 2. The maximum atomic E-state index is 13.9. The highest BCUT2D eigenvalue weighted by molar-refractivity contribution is 6.31. The summed E-state index contributed by atoms with van der Waals surface area (Å²) in [6.07, 6.45) is 3.49. The summed E-state index contributed by atoms with van der Waals surface area (Å²) in [7, 11) is 1.57. The summed E-state index contributed by atoms with van der Waals surface area (Å²) in [5.41, 5.74) is 1.84. The first kappa shape index (κ1) is 49.4. The van der Waals surface area contributed by atoms with E-state index in [1.54, 1.807) is 66.5 Å². The van der Waals surface area contributed by atoms with E-state index in [4.69, 9.17) is 21.1 Å². The van der Waals surface area contributed by atoms with Crippen molar-refractivity contribution in [3.05, 3.63) is 94.0 Å². The standard InChI is InChI=1S/C49H64ClN7O7/c1-47(2,3)40(44(62)57-25-12-13-38(57)43(61)54-29-31-14-16-32(17-15-31)41(59)52-8)55-39(58)30-63-26-11-9-10-24-53-35-21-18-33(19-22-35)42(60)56-45-48(4,5)46(49(45,6)7)64-36-23-20-34(28-51)37(50)27-36/h14-23,27,38,40,45-46,53H,9-13,24-26,29-30H2,1-8H3,(H,52,59)(H,54,61)(H,55,58)(H,56,60)/t38-,40?,45-,46-/m0/s1. The highest BCUT2D eigenvalue weighted by Gasteiger charge is 2.64. The fourth-order valence-corrected chi connectivity index (χ4v) is 9.21. The molecule has 64 heavy (non-hydrogen) atoms. The first-order valence-electron chi connectivity index (χ1n) is 22.0. The van der Waals surface area contributed by atoms with Crippen LogP contribution in [-0.2, 0) is 25.7 Å². The second-order valence-corrected chi connectivity index (χ2v) is 19.4. The molecule has 2 atom stereocenters. The number of carbonyl (C=O) groups excluding carboxylic acids is 5. The Bertz CT molecular complexity index is 2160. The molecule has 5 amide bonds. The molecule has 1 heterocycles. The zero-order chi connectivity index (χ0) is 46.8. The number of rotatable bonds is 19. The van der Waals surface area contributed by atoms with Gasteiger partial charge in [-0.05, 0) is 91.6 Å². The molecule has 14 nitrogen and oxygen atoms in total. The van der Waals surface area contributed by atoms with Crippen molar-refractivity contribution in [1.82, 2.24) is 26.2 Å². The second kappa shape index (κ2) is 21.4. The molecule has 5 N–H and O–H groups in total. The number of hydrogen-bond donors (Lipinski definition) is 5. The lowest BCUT2D eigenvalue weighted by Crippen LogP contribution is -2.74. The number of halogens is 1. The van der Waals surface area contributed by atoms with Crippen LogP contribution in [-0.4, -0.2) is 92.0 Å². The lowest BCUT2D eigenvalue weighted by molar-refractivity contribution is -0.164. The topological polar surface area (TPSA) is 191 Å². The van der Waals surface area contributed by atoms with Crippen LogP contribution in [0.4, 0.5) is 5.69 Å². The van der Waals surface area contributed by atoms with Crippen molar-refractivity contribution in [3.8, 4) is 11.8 Å². The number of unbranched alkanes of at least 4 members (excludes halogenated alkanes) is 2. The summed E-state index contributed by atoms with van der Waals surface area (Å²) in [5, 5.41) is 24.5. The smallest absolute Gasteiger partial charge is 0.251 e. The Balaban J connectivity index is 0.981. The number of nitrogens with zero attached hydrogens (tertiary/aromatic N) is 2. The molecule has 5 rings (SSSR count). The SMILES string of the molecule is CNC(=O)c1ccc(CNC(=O)[C@@H]2CCCN2C(=O)C(NC(=O)COCCCCCNc2ccc(C(=O)N[C@H]3C(C)(C)[C@H](Oc4ccc(C#N)c(Cl)c4)C3(C)C)cc2)C(C)(C)C)cc1. The van der Waals surface area contributed by atoms with Gasteiger partial charge >= 0.3 is 0 Å². The zero-order valence-corrected chi connectivity index (χ0v) is 39.1. The molecule has 3 aromatic carbocycles. The van der Waals surface area contributed by atoms with E-state index in [-0.39, 0.29) is 59.8 Å². The first-order valence-corrected chi connectivity index (χ1v) is 22.4. The largest absolute Gasteiger partial charge is 0.489 e. The minimum atomic E-state index is -0.846. The third-order valence-electron chi connectivity index (χ3n) is 12.3. The summed E-state index contributed by atoms with van der Waals surface area (Å²) in [5.74, 6) is -0.718. The molecule has 0 spiro atoms. The Labute approximate surface area is 382 Å². The maximum Gasteiger partial charge on any atom is 0.251 e. The summed E-state index contributed by atoms with van der Waals surface area (Å²) in [4.78, 5) is 66.9. The van der Waals surface area contributed by atoms with E-state index in [0.717, 1.165) is 37.1 Å². The third-order valence-corrected chi connectivity index (χ3v) is 12.6. The molecule has 15 heteroatoms. The summed E-state index contributed by atoms with van der Waals surface area (Å²) < 4.78 is 12.0. The molecule has 1 unspecified atom stereocenters. The number of nitriles is 1. The van der Waals surface area contributed by atoms with Crippen LogP contribution < -0.4 is 31.3 Å². The Kier molecular flexibility index (Phi) is 16.5. The predicted molar refractivity (Wildman–Crippen MR) is 247 cm³/mol. The van der Waals surface area contributed by atoms with Crippen LogP contribution in [0.5, 0.6) is 5.75 Å². The number of benzene rings is 3. The summed E-state index contributed by atoms with van der Waals surface area (Å²) in [6, 6.07) is 19.8. The molecular weight excluding hydrogens is 834 g/mol. The van der Waals surface area contributed by atoms with Gasteiger partial charge in [-0.3, -0.25) is 24.0 Å². The number of nitrogens with one attached hydrogen (secondary N) is 5. The molecule has 2 fully saturated rings. The predicted octanol–water partition coefficient (Wildman–Crippen LogP) is 6.62. The fraction of sp³-hybridized carbons (Fsp3) is 0.510. The van der Waals surface area contributed by atoms with Crippen LogP contribution in [0, 0.1) is 27.6 Å². The molecule has 0 aromatic heterocycles. The molecule has 1 aliphatic heterocycles. The van der Waals surface area contributed by atoms with Gasteiger partial charge in [0.25, 0.3) is 11.8 Å².